The first-order valence-electron chi connectivity index (χ1n) is 9.52. The number of amides is 1. The molecule has 0 aromatic heterocycles. The van der Waals surface area contributed by atoms with Crippen LogP contribution in [0.4, 0.5) is 0 Å². The highest BCUT2D eigenvalue weighted by Gasteiger charge is 2.32. The molecule has 1 saturated heterocycles. The van der Waals surface area contributed by atoms with Gasteiger partial charge in [-0.3, -0.25) is 4.79 Å². The van der Waals surface area contributed by atoms with E-state index in [1.807, 2.05) is 24.3 Å². The molecule has 0 bridgehead atoms. The molecule has 1 amide bonds. The van der Waals surface area contributed by atoms with Gasteiger partial charge >= 0.3 is 0 Å². The van der Waals surface area contributed by atoms with Crippen molar-refractivity contribution in [1.82, 2.24) is 9.21 Å². The Hall–Kier alpha value is -2.78. The van der Waals surface area contributed by atoms with Gasteiger partial charge in [0, 0.05) is 32.2 Å². The Balaban J connectivity index is 1.68. The third-order valence-corrected chi connectivity index (χ3v) is 6.99. The molecule has 1 heterocycles. The van der Waals surface area contributed by atoms with Gasteiger partial charge in [0.05, 0.1) is 27.8 Å². The van der Waals surface area contributed by atoms with Crippen LogP contribution in [0, 0.1) is 0 Å². The zero-order valence-corrected chi connectivity index (χ0v) is 18.1. The molecule has 0 atom stereocenters. The van der Waals surface area contributed by atoms with E-state index in [4.69, 9.17) is 14.2 Å². The lowest BCUT2D eigenvalue weighted by Gasteiger charge is -2.34. The smallest absolute Gasteiger partial charge is 0.247 e. The first-order valence-corrected chi connectivity index (χ1v) is 11.0. The molecule has 2 aromatic carbocycles. The second-order valence-corrected chi connectivity index (χ2v) is 8.74. The Labute approximate surface area is 177 Å². The van der Waals surface area contributed by atoms with Crippen LogP contribution >= 0.6 is 0 Å². The summed E-state index contributed by atoms with van der Waals surface area (Å²) in [5.74, 6) is 1.34. The van der Waals surface area contributed by atoms with Crippen LogP contribution in [0.1, 0.15) is 5.56 Å². The molecule has 0 saturated carbocycles. The normalized spacial score (nSPS) is 15.0. The number of piperazine rings is 1. The van der Waals surface area contributed by atoms with E-state index in [-0.39, 0.29) is 36.1 Å². The maximum atomic E-state index is 13.1. The average Bonchev–Trinajstić information content (AvgIpc) is 2.78. The van der Waals surface area contributed by atoms with Crippen LogP contribution < -0.4 is 14.2 Å². The van der Waals surface area contributed by atoms with Crippen LogP contribution in [0.3, 0.4) is 0 Å². The highest BCUT2D eigenvalue weighted by Crippen LogP contribution is 2.31. The number of hydrogen-bond acceptors (Lipinski definition) is 6. The molecule has 9 heteroatoms. The van der Waals surface area contributed by atoms with Crippen molar-refractivity contribution < 1.29 is 27.4 Å². The molecule has 3 rings (SSSR count). The van der Waals surface area contributed by atoms with E-state index in [0.29, 0.717) is 24.6 Å². The van der Waals surface area contributed by atoms with Crippen molar-refractivity contribution in [2.24, 2.45) is 0 Å². The quantitative estimate of drug-likeness (QED) is 0.661. The lowest BCUT2D eigenvalue weighted by atomic mass is 10.1. The molecule has 8 nitrogen and oxygen atoms in total. The summed E-state index contributed by atoms with van der Waals surface area (Å²) in [7, 11) is 0.704. The minimum absolute atomic E-state index is 0.0424. The van der Waals surface area contributed by atoms with Gasteiger partial charge in [-0.1, -0.05) is 12.1 Å². The van der Waals surface area contributed by atoms with Crippen molar-refractivity contribution in [3.8, 4) is 17.2 Å². The monoisotopic (exact) mass is 434 g/mol. The topological polar surface area (TPSA) is 85.4 Å². The molecule has 2 aromatic rings. The number of carbonyl (C=O) groups excluding carboxylic acids is 1. The van der Waals surface area contributed by atoms with Gasteiger partial charge in [-0.25, -0.2) is 8.42 Å². The number of methoxy groups -OCH3 is 3. The van der Waals surface area contributed by atoms with Gasteiger partial charge in [0.2, 0.25) is 15.9 Å². The SMILES string of the molecule is COc1cccc(CC(=O)N2CCN(S(=O)(=O)c3cc(OC)ccc3OC)CC2)c1. The van der Waals surface area contributed by atoms with E-state index in [2.05, 4.69) is 0 Å². The number of ether oxygens (including phenoxy) is 3. The Morgan fingerprint density at radius 2 is 1.57 bits per heavy atom. The minimum Gasteiger partial charge on any atom is -0.497 e. The number of hydrogen-bond donors (Lipinski definition) is 0. The fraction of sp³-hybridized carbons (Fsp3) is 0.381. The predicted octanol–water partition coefficient (Wildman–Crippen LogP) is 1.79. The zero-order chi connectivity index (χ0) is 21.7. The maximum absolute atomic E-state index is 13.1. The van der Waals surface area contributed by atoms with E-state index in [0.717, 1.165) is 5.56 Å². The standard InChI is InChI=1S/C21H26N2O6S/c1-27-17-6-4-5-16(13-17)14-21(24)22-9-11-23(12-10-22)30(25,26)20-15-18(28-2)7-8-19(20)29-3/h4-8,13,15H,9-12,14H2,1-3H3. The van der Waals surface area contributed by atoms with Gasteiger partial charge < -0.3 is 19.1 Å². The summed E-state index contributed by atoms with van der Waals surface area (Å²) < 4.78 is 43.2. The number of nitrogens with zero attached hydrogens (tertiary/aromatic N) is 2. The van der Waals surface area contributed by atoms with Crippen LogP contribution in [0.5, 0.6) is 17.2 Å². The van der Waals surface area contributed by atoms with Crippen molar-refractivity contribution in [2.75, 3.05) is 47.5 Å². The second kappa shape index (κ2) is 9.36. The average molecular weight is 435 g/mol. The van der Waals surface area contributed by atoms with Gasteiger partial charge in [0.15, 0.2) is 0 Å². The molecule has 0 aliphatic carbocycles. The van der Waals surface area contributed by atoms with Crippen LogP contribution in [-0.4, -0.2) is 71.0 Å². The largest absolute Gasteiger partial charge is 0.497 e. The summed E-state index contributed by atoms with van der Waals surface area (Å²) in [5, 5.41) is 0. The van der Waals surface area contributed by atoms with Gasteiger partial charge in [0.1, 0.15) is 22.1 Å². The van der Waals surface area contributed by atoms with Gasteiger partial charge in [-0.2, -0.15) is 4.31 Å². The summed E-state index contributed by atoms with van der Waals surface area (Å²) in [5.41, 5.74) is 0.857. The molecular weight excluding hydrogens is 408 g/mol. The predicted molar refractivity (Wildman–Crippen MR) is 112 cm³/mol. The fourth-order valence-electron chi connectivity index (χ4n) is 3.37. The third kappa shape index (κ3) is 4.68. The maximum Gasteiger partial charge on any atom is 0.247 e. The number of sulfonamides is 1. The minimum atomic E-state index is -3.78. The van der Waals surface area contributed by atoms with Crippen molar-refractivity contribution in [3.05, 3.63) is 48.0 Å². The van der Waals surface area contributed by atoms with E-state index in [9.17, 15) is 13.2 Å². The Morgan fingerprint density at radius 3 is 2.20 bits per heavy atom. The number of benzene rings is 2. The van der Waals surface area contributed by atoms with Crippen LogP contribution in [0.25, 0.3) is 0 Å². The Morgan fingerprint density at radius 1 is 0.900 bits per heavy atom. The van der Waals surface area contributed by atoms with Gasteiger partial charge in [-0.05, 0) is 29.8 Å². The van der Waals surface area contributed by atoms with Crippen LogP contribution in [0.2, 0.25) is 0 Å². The van der Waals surface area contributed by atoms with E-state index in [1.165, 1.54) is 24.6 Å². The highest BCUT2D eigenvalue weighted by atomic mass is 32.2. The lowest BCUT2D eigenvalue weighted by Crippen LogP contribution is -2.50. The lowest BCUT2D eigenvalue weighted by molar-refractivity contribution is -0.131. The molecule has 30 heavy (non-hydrogen) atoms. The molecule has 0 N–H and O–H groups in total. The van der Waals surface area contributed by atoms with E-state index in [1.54, 1.807) is 24.1 Å². The van der Waals surface area contributed by atoms with E-state index < -0.39 is 10.0 Å². The number of rotatable bonds is 7. The van der Waals surface area contributed by atoms with Crippen molar-refractivity contribution in [1.29, 1.82) is 0 Å². The second-order valence-electron chi connectivity index (χ2n) is 6.83. The third-order valence-electron chi connectivity index (χ3n) is 5.07. The highest BCUT2D eigenvalue weighted by molar-refractivity contribution is 7.89. The Kier molecular flexibility index (Phi) is 6.84. The molecule has 1 aliphatic rings. The molecular formula is C21H26N2O6S. The van der Waals surface area contributed by atoms with Crippen molar-refractivity contribution >= 4 is 15.9 Å². The summed E-state index contributed by atoms with van der Waals surface area (Å²) in [4.78, 5) is 14.4. The van der Waals surface area contributed by atoms with Crippen molar-refractivity contribution in [3.63, 3.8) is 0 Å². The van der Waals surface area contributed by atoms with Gasteiger partial charge in [0.25, 0.3) is 0 Å². The first-order chi connectivity index (χ1) is 14.4. The molecule has 162 valence electrons. The summed E-state index contributed by atoms with van der Waals surface area (Å²) >= 11 is 0. The molecule has 0 unspecified atom stereocenters. The van der Waals surface area contributed by atoms with Crippen molar-refractivity contribution in [2.45, 2.75) is 11.3 Å². The molecule has 0 spiro atoms. The zero-order valence-electron chi connectivity index (χ0n) is 17.3. The Bertz CT molecular complexity index is 1000. The summed E-state index contributed by atoms with van der Waals surface area (Å²) in [6.45, 7) is 1.09. The van der Waals surface area contributed by atoms with E-state index >= 15 is 0 Å². The summed E-state index contributed by atoms with van der Waals surface area (Å²) in [6.07, 6.45) is 0.244. The van der Waals surface area contributed by atoms with Crippen LogP contribution in [-0.2, 0) is 21.2 Å². The fourth-order valence-corrected chi connectivity index (χ4v) is 4.96. The number of carbonyl (C=O) groups is 1. The van der Waals surface area contributed by atoms with Gasteiger partial charge in [-0.15, -0.1) is 0 Å². The first kappa shape index (κ1) is 21.9. The molecule has 0 radical (unpaired) electrons. The van der Waals surface area contributed by atoms with Crippen LogP contribution in [0.15, 0.2) is 47.4 Å². The molecule has 1 aliphatic heterocycles. The summed E-state index contributed by atoms with van der Waals surface area (Å²) in [6, 6.07) is 12.0. The molecule has 1 fully saturated rings.